The Morgan fingerprint density at radius 3 is 2.67 bits per heavy atom. The lowest BCUT2D eigenvalue weighted by Gasteiger charge is -2.38. The molecule has 118 valence electrons. The fourth-order valence-corrected chi connectivity index (χ4v) is 5.95. The number of aryl methyl sites for hydroxylation is 1. The maximum absolute atomic E-state index is 12.6. The van der Waals surface area contributed by atoms with Gasteiger partial charge in [0.05, 0.1) is 0 Å². The molecule has 2 N–H and O–H groups in total. The van der Waals surface area contributed by atoms with Crippen LogP contribution < -0.4 is 4.72 Å². The van der Waals surface area contributed by atoms with Gasteiger partial charge >= 0.3 is 5.97 Å². The van der Waals surface area contributed by atoms with E-state index in [1.54, 1.807) is 12.3 Å². The second-order valence-electron chi connectivity index (χ2n) is 6.29. The van der Waals surface area contributed by atoms with Crippen molar-refractivity contribution in [3.05, 3.63) is 15.8 Å². The molecular weight excluding hydrogens is 310 g/mol. The van der Waals surface area contributed by atoms with Gasteiger partial charge in [-0.25, -0.2) is 17.9 Å². The molecule has 0 amide bonds. The zero-order valence-electron chi connectivity index (χ0n) is 12.5. The number of nitrogens with one attached hydrogen (secondary N) is 1. The quantitative estimate of drug-likeness (QED) is 0.888. The summed E-state index contributed by atoms with van der Waals surface area (Å²) in [6, 6.07) is -0.155. The van der Waals surface area contributed by atoms with Gasteiger partial charge in [0.1, 0.15) is 9.77 Å². The van der Waals surface area contributed by atoms with Crippen LogP contribution in [0.5, 0.6) is 0 Å². The maximum Gasteiger partial charge on any atom is 0.347 e. The maximum atomic E-state index is 12.6. The van der Waals surface area contributed by atoms with Crippen molar-refractivity contribution >= 4 is 27.3 Å². The smallest absolute Gasteiger partial charge is 0.347 e. The molecule has 0 spiro atoms. The minimum absolute atomic E-state index is 0.0821. The van der Waals surface area contributed by atoms with Crippen molar-refractivity contribution in [1.29, 1.82) is 0 Å². The first kappa shape index (κ1) is 16.5. The Morgan fingerprint density at radius 2 is 2.10 bits per heavy atom. The van der Waals surface area contributed by atoms with Crippen molar-refractivity contribution in [2.45, 2.75) is 57.4 Å². The summed E-state index contributed by atoms with van der Waals surface area (Å²) in [4.78, 5) is 11.0. The molecule has 1 aliphatic carbocycles. The number of carboxylic acid groups (broad SMARTS) is 1. The molecule has 1 aliphatic rings. The molecule has 0 saturated heterocycles. The average Bonchev–Trinajstić information content (AvgIpc) is 2.74. The van der Waals surface area contributed by atoms with E-state index >= 15 is 0 Å². The number of hydrogen-bond donors (Lipinski definition) is 2. The van der Waals surface area contributed by atoms with E-state index in [9.17, 15) is 13.2 Å². The number of thiophene rings is 1. The molecule has 7 heteroatoms. The number of rotatable bonds is 4. The third-order valence-electron chi connectivity index (χ3n) is 4.19. The number of hydrogen-bond acceptors (Lipinski definition) is 4. The second-order valence-corrected chi connectivity index (χ2v) is 8.82. The molecule has 1 fully saturated rings. The molecule has 0 aliphatic heterocycles. The van der Waals surface area contributed by atoms with Crippen LogP contribution in [-0.4, -0.2) is 25.5 Å². The second kappa shape index (κ2) is 5.70. The van der Waals surface area contributed by atoms with Crippen LogP contribution in [0.2, 0.25) is 0 Å². The summed E-state index contributed by atoms with van der Waals surface area (Å²) in [5, 5.41) is 10.7. The molecule has 0 radical (unpaired) electrons. The Bertz CT molecular complexity index is 646. The minimum Gasteiger partial charge on any atom is -0.477 e. The van der Waals surface area contributed by atoms with Crippen molar-refractivity contribution in [3.63, 3.8) is 0 Å². The normalized spacial score (nSPS) is 22.1. The first-order valence-corrected chi connectivity index (χ1v) is 9.35. The lowest BCUT2D eigenvalue weighted by Crippen LogP contribution is -2.46. The van der Waals surface area contributed by atoms with E-state index in [0.717, 1.165) is 37.0 Å². The summed E-state index contributed by atoms with van der Waals surface area (Å²) < 4.78 is 28.0. The summed E-state index contributed by atoms with van der Waals surface area (Å²) in [5.41, 5.74) is 0.372. The third-order valence-corrected chi connectivity index (χ3v) is 7.06. The molecular formula is C14H21NO4S2. The first-order chi connectivity index (χ1) is 9.65. The molecule has 1 heterocycles. The van der Waals surface area contributed by atoms with Gasteiger partial charge in [-0.2, -0.15) is 0 Å². The van der Waals surface area contributed by atoms with E-state index in [1.165, 1.54) is 0 Å². The van der Waals surface area contributed by atoms with Gasteiger partial charge in [-0.3, -0.25) is 0 Å². The summed E-state index contributed by atoms with van der Waals surface area (Å²) in [7, 11) is -3.81. The van der Waals surface area contributed by atoms with Crippen LogP contribution in [0, 0.1) is 12.3 Å². The number of carbonyl (C=O) groups is 1. The van der Waals surface area contributed by atoms with Gasteiger partial charge < -0.3 is 5.11 Å². The molecule has 0 bridgehead atoms. The molecule has 1 aromatic rings. The van der Waals surface area contributed by atoms with Crippen LogP contribution in [0.1, 0.15) is 54.8 Å². The highest BCUT2D eigenvalue weighted by molar-refractivity contribution is 7.89. The molecule has 21 heavy (non-hydrogen) atoms. The summed E-state index contributed by atoms with van der Waals surface area (Å²) >= 11 is 0.954. The Kier molecular flexibility index (Phi) is 4.46. The number of carboxylic acids is 1. The number of aromatic carboxylic acids is 1. The molecule has 1 unspecified atom stereocenters. The van der Waals surface area contributed by atoms with E-state index in [4.69, 9.17) is 5.11 Å². The van der Waals surface area contributed by atoms with Gasteiger partial charge in [-0.15, -0.1) is 11.3 Å². The Labute approximate surface area is 129 Å². The van der Waals surface area contributed by atoms with Crippen molar-refractivity contribution < 1.29 is 18.3 Å². The highest BCUT2D eigenvalue weighted by Crippen LogP contribution is 2.37. The molecule has 1 aromatic heterocycles. The Hall–Kier alpha value is -0.920. The standard InChI is InChI=1S/C14H21NO4S2/c1-9-8-20-11(13(16)17)12(9)21(18,19)15-10-6-4-5-7-14(10,2)3/h8,10,15H,4-7H2,1-3H3,(H,16,17). The molecule has 1 atom stereocenters. The zero-order chi connectivity index (χ0) is 15.8. The van der Waals surface area contributed by atoms with Gasteiger partial charge in [-0.05, 0) is 36.1 Å². The van der Waals surface area contributed by atoms with Crippen molar-refractivity contribution in [3.8, 4) is 0 Å². The monoisotopic (exact) mass is 331 g/mol. The fraction of sp³-hybridized carbons (Fsp3) is 0.643. The van der Waals surface area contributed by atoms with Crippen LogP contribution in [0.15, 0.2) is 10.3 Å². The summed E-state index contributed by atoms with van der Waals surface area (Å²) in [6.45, 7) is 5.74. The Balaban J connectivity index is 2.35. The third kappa shape index (κ3) is 3.30. The lowest BCUT2D eigenvalue weighted by molar-refractivity contribution is 0.0698. The minimum atomic E-state index is -3.81. The lowest BCUT2D eigenvalue weighted by atomic mass is 9.74. The van der Waals surface area contributed by atoms with Crippen molar-refractivity contribution in [2.24, 2.45) is 5.41 Å². The first-order valence-electron chi connectivity index (χ1n) is 6.99. The molecule has 1 saturated carbocycles. The van der Waals surface area contributed by atoms with Crippen molar-refractivity contribution in [1.82, 2.24) is 4.72 Å². The van der Waals surface area contributed by atoms with Crippen LogP contribution in [-0.2, 0) is 10.0 Å². The summed E-state index contributed by atoms with van der Waals surface area (Å²) in [5.74, 6) is -1.20. The number of sulfonamides is 1. The SMILES string of the molecule is Cc1csc(C(=O)O)c1S(=O)(=O)NC1CCCCC1(C)C. The van der Waals surface area contributed by atoms with E-state index in [-0.39, 0.29) is 21.2 Å². The highest BCUT2D eigenvalue weighted by Gasteiger charge is 2.37. The largest absolute Gasteiger partial charge is 0.477 e. The van der Waals surface area contributed by atoms with Gasteiger partial charge in [-0.1, -0.05) is 26.7 Å². The van der Waals surface area contributed by atoms with E-state index in [2.05, 4.69) is 18.6 Å². The average molecular weight is 331 g/mol. The van der Waals surface area contributed by atoms with E-state index in [0.29, 0.717) is 5.56 Å². The molecule has 2 rings (SSSR count). The van der Waals surface area contributed by atoms with Crippen molar-refractivity contribution in [2.75, 3.05) is 0 Å². The predicted molar refractivity (Wildman–Crippen MR) is 82.4 cm³/mol. The van der Waals surface area contributed by atoms with Gasteiger partial charge in [0.15, 0.2) is 0 Å². The molecule has 0 aromatic carbocycles. The zero-order valence-corrected chi connectivity index (χ0v) is 14.1. The topological polar surface area (TPSA) is 83.5 Å². The van der Waals surface area contributed by atoms with Crippen LogP contribution >= 0.6 is 11.3 Å². The Morgan fingerprint density at radius 1 is 1.43 bits per heavy atom. The van der Waals surface area contributed by atoms with Gasteiger partial charge in [0.25, 0.3) is 0 Å². The van der Waals surface area contributed by atoms with Crippen LogP contribution in [0.4, 0.5) is 0 Å². The van der Waals surface area contributed by atoms with Gasteiger partial charge in [0, 0.05) is 6.04 Å². The molecule has 5 nitrogen and oxygen atoms in total. The predicted octanol–water partition coefficient (Wildman–Crippen LogP) is 3.00. The van der Waals surface area contributed by atoms with E-state index in [1.807, 2.05) is 0 Å². The highest BCUT2D eigenvalue weighted by atomic mass is 32.2. The van der Waals surface area contributed by atoms with Crippen LogP contribution in [0.3, 0.4) is 0 Å². The van der Waals surface area contributed by atoms with Crippen LogP contribution in [0.25, 0.3) is 0 Å². The summed E-state index contributed by atoms with van der Waals surface area (Å²) in [6.07, 6.45) is 3.85. The fourth-order valence-electron chi connectivity index (χ4n) is 2.87. The van der Waals surface area contributed by atoms with E-state index < -0.39 is 16.0 Å². The van der Waals surface area contributed by atoms with Gasteiger partial charge in [0.2, 0.25) is 10.0 Å².